The SMILES string of the molecule is COC(=O)c1ccc(N=Cc2ccc(N3CCOCC3)cc2C)c(C)c1. The monoisotopic (exact) mass is 352 g/mol. The highest BCUT2D eigenvalue weighted by atomic mass is 16.5. The summed E-state index contributed by atoms with van der Waals surface area (Å²) in [5, 5.41) is 0. The number of hydrogen-bond donors (Lipinski definition) is 0. The van der Waals surface area contributed by atoms with Crippen LogP contribution in [0.15, 0.2) is 41.4 Å². The van der Waals surface area contributed by atoms with Gasteiger partial charge in [0.25, 0.3) is 0 Å². The minimum atomic E-state index is -0.335. The maximum Gasteiger partial charge on any atom is 0.337 e. The van der Waals surface area contributed by atoms with Gasteiger partial charge in [-0.05, 0) is 60.9 Å². The smallest absolute Gasteiger partial charge is 0.337 e. The van der Waals surface area contributed by atoms with E-state index in [1.807, 2.05) is 19.2 Å². The molecule has 0 aliphatic carbocycles. The topological polar surface area (TPSA) is 51.1 Å². The van der Waals surface area contributed by atoms with Crippen LogP contribution in [0, 0.1) is 13.8 Å². The van der Waals surface area contributed by atoms with Gasteiger partial charge >= 0.3 is 5.97 Å². The molecule has 0 saturated carbocycles. The molecule has 5 nitrogen and oxygen atoms in total. The Morgan fingerprint density at radius 2 is 1.88 bits per heavy atom. The summed E-state index contributed by atoms with van der Waals surface area (Å²) >= 11 is 0. The van der Waals surface area contributed by atoms with Gasteiger partial charge in [-0.25, -0.2) is 4.79 Å². The fourth-order valence-corrected chi connectivity index (χ4v) is 3.01. The molecule has 0 aromatic heterocycles. The van der Waals surface area contributed by atoms with Crippen molar-refractivity contribution in [2.24, 2.45) is 4.99 Å². The number of nitrogens with zero attached hydrogens (tertiary/aromatic N) is 2. The van der Waals surface area contributed by atoms with Crippen LogP contribution >= 0.6 is 0 Å². The lowest BCUT2D eigenvalue weighted by molar-refractivity contribution is 0.0600. The van der Waals surface area contributed by atoms with Crippen LogP contribution < -0.4 is 4.90 Å². The zero-order valence-corrected chi connectivity index (χ0v) is 15.5. The average Bonchev–Trinajstić information content (AvgIpc) is 2.67. The molecule has 136 valence electrons. The van der Waals surface area contributed by atoms with E-state index in [-0.39, 0.29) is 5.97 Å². The second-order valence-electron chi connectivity index (χ2n) is 6.39. The van der Waals surface area contributed by atoms with Gasteiger partial charge < -0.3 is 14.4 Å². The van der Waals surface area contributed by atoms with Gasteiger partial charge in [0.1, 0.15) is 0 Å². The highest BCUT2D eigenvalue weighted by molar-refractivity contribution is 5.90. The Morgan fingerprint density at radius 1 is 1.12 bits per heavy atom. The standard InChI is InChI=1S/C21H24N2O3/c1-15-13-19(23-8-10-26-11-9-23)6-4-18(15)14-22-20-7-5-17(12-16(20)2)21(24)25-3/h4-7,12-14H,8-11H2,1-3H3. The van der Waals surface area contributed by atoms with Crippen molar-refractivity contribution < 1.29 is 14.3 Å². The van der Waals surface area contributed by atoms with Crippen LogP contribution in [0.5, 0.6) is 0 Å². The predicted molar refractivity (Wildman–Crippen MR) is 104 cm³/mol. The number of benzene rings is 2. The maximum atomic E-state index is 11.6. The fraction of sp³-hybridized carbons (Fsp3) is 0.333. The lowest BCUT2D eigenvalue weighted by Gasteiger charge is -2.29. The van der Waals surface area contributed by atoms with Gasteiger partial charge in [0.15, 0.2) is 0 Å². The summed E-state index contributed by atoms with van der Waals surface area (Å²) in [6.45, 7) is 7.45. The van der Waals surface area contributed by atoms with E-state index in [9.17, 15) is 4.79 Å². The van der Waals surface area contributed by atoms with Crippen molar-refractivity contribution in [1.29, 1.82) is 0 Å². The second-order valence-corrected chi connectivity index (χ2v) is 6.39. The highest BCUT2D eigenvalue weighted by Crippen LogP contribution is 2.22. The molecule has 1 saturated heterocycles. The molecule has 1 aliphatic rings. The third-order valence-electron chi connectivity index (χ3n) is 4.59. The van der Waals surface area contributed by atoms with Crippen molar-refractivity contribution >= 4 is 23.6 Å². The number of rotatable bonds is 4. The van der Waals surface area contributed by atoms with Crippen LogP contribution in [0.3, 0.4) is 0 Å². The first kappa shape index (κ1) is 18.1. The lowest BCUT2D eigenvalue weighted by Crippen LogP contribution is -2.36. The van der Waals surface area contributed by atoms with Crippen molar-refractivity contribution in [3.05, 3.63) is 58.7 Å². The summed E-state index contributed by atoms with van der Waals surface area (Å²) in [4.78, 5) is 18.5. The Kier molecular flexibility index (Phi) is 5.68. The van der Waals surface area contributed by atoms with E-state index in [1.54, 1.807) is 12.1 Å². The summed E-state index contributed by atoms with van der Waals surface area (Å²) in [6, 6.07) is 11.8. The number of methoxy groups -OCH3 is 1. The summed E-state index contributed by atoms with van der Waals surface area (Å²) in [5.74, 6) is -0.335. The normalized spacial score (nSPS) is 14.7. The minimum absolute atomic E-state index is 0.335. The molecular formula is C21H24N2O3. The number of hydrogen-bond acceptors (Lipinski definition) is 5. The van der Waals surface area contributed by atoms with E-state index in [4.69, 9.17) is 9.47 Å². The molecule has 0 bridgehead atoms. The van der Waals surface area contributed by atoms with Gasteiger partial charge in [-0.3, -0.25) is 4.99 Å². The highest BCUT2D eigenvalue weighted by Gasteiger charge is 2.12. The second kappa shape index (κ2) is 8.15. The molecule has 0 amide bonds. The molecule has 0 radical (unpaired) electrons. The van der Waals surface area contributed by atoms with E-state index in [0.717, 1.165) is 43.1 Å². The Hall–Kier alpha value is -2.66. The molecule has 5 heteroatoms. The molecule has 2 aromatic rings. The van der Waals surface area contributed by atoms with Crippen molar-refractivity contribution in [1.82, 2.24) is 0 Å². The molecule has 0 spiro atoms. The fourth-order valence-electron chi connectivity index (χ4n) is 3.01. The molecular weight excluding hydrogens is 328 g/mol. The minimum Gasteiger partial charge on any atom is -0.465 e. The van der Waals surface area contributed by atoms with Gasteiger partial charge in [-0.15, -0.1) is 0 Å². The van der Waals surface area contributed by atoms with Crippen molar-refractivity contribution in [2.45, 2.75) is 13.8 Å². The summed E-state index contributed by atoms with van der Waals surface area (Å²) in [7, 11) is 1.38. The molecule has 0 N–H and O–H groups in total. The van der Waals surface area contributed by atoms with Gasteiger partial charge in [-0.2, -0.15) is 0 Å². The van der Waals surface area contributed by atoms with E-state index in [1.165, 1.54) is 18.4 Å². The maximum absolute atomic E-state index is 11.6. The first-order chi connectivity index (χ1) is 12.6. The average molecular weight is 352 g/mol. The molecule has 1 fully saturated rings. The van der Waals surface area contributed by atoms with E-state index >= 15 is 0 Å². The molecule has 26 heavy (non-hydrogen) atoms. The number of ether oxygens (including phenoxy) is 2. The van der Waals surface area contributed by atoms with Gasteiger partial charge in [0.2, 0.25) is 0 Å². The number of anilines is 1. The van der Waals surface area contributed by atoms with Crippen LogP contribution in [-0.2, 0) is 9.47 Å². The molecule has 1 heterocycles. The van der Waals surface area contributed by atoms with Crippen LogP contribution in [0.25, 0.3) is 0 Å². The van der Waals surface area contributed by atoms with E-state index in [2.05, 4.69) is 35.0 Å². The number of aryl methyl sites for hydroxylation is 2. The first-order valence-electron chi connectivity index (χ1n) is 8.75. The first-order valence-corrected chi connectivity index (χ1v) is 8.75. The van der Waals surface area contributed by atoms with Crippen LogP contribution in [0.1, 0.15) is 27.0 Å². The third kappa shape index (κ3) is 4.11. The summed E-state index contributed by atoms with van der Waals surface area (Å²) in [5.41, 5.74) is 5.80. The van der Waals surface area contributed by atoms with Gasteiger partial charge in [0, 0.05) is 25.0 Å². The van der Waals surface area contributed by atoms with Gasteiger partial charge in [-0.1, -0.05) is 6.07 Å². The summed E-state index contributed by atoms with van der Waals surface area (Å²) in [6.07, 6.45) is 1.87. The molecule has 0 atom stereocenters. The number of carbonyl (C=O) groups is 1. The predicted octanol–water partition coefficient (Wildman–Crippen LogP) is 3.68. The van der Waals surface area contributed by atoms with Crippen molar-refractivity contribution in [3.8, 4) is 0 Å². The van der Waals surface area contributed by atoms with Crippen LogP contribution in [0.2, 0.25) is 0 Å². The Labute approximate surface area is 154 Å². The number of aliphatic imine (C=N–C) groups is 1. The number of esters is 1. The lowest BCUT2D eigenvalue weighted by atomic mass is 10.1. The molecule has 1 aliphatic heterocycles. The third-order valence-corrected chi connectivity index (χ3v) is 4.59. The summed E-state index contributed by atoms with van der Waals surface area (Å²) < 4.78 is 10.2. The Balaban J connectivity index is 1.77. The van der Waals surface area contributed by atoms with E-state index in [0.29, 0.717) is 5.56 Å². The van der Waals surface area contributed by atoms with Crippen molar-refractivity contribution in [3.63, 3.8) is 0 Å². The number of morpholine rings is 1. The zero-order chi connectivity index (χ0) is 18.5. The largest absolute Gasteiger partial charge is 0.465 e. The van der Waals surface area contributed by atoms with Gasteiger partial charge in [0.05, 0.1) is 31.6 Å². The Bertz CT molecular complexity index is 824. The molecule has 2 aromatic carbocycles. The van der Waals surface area contributed by atoms with Crippen molar-refractivity contribution in [2.75, 3.05) is 38.3 Å². The van der Waals surface area contributed by atoms with Crippen LogP contribution in [0.4, 0.5) is 11.4 Å². The number of carbonyl (C=O) groups excluding carboxylic acids is 1. The van der Waals surface area contributed by atoms with E-state index < -0.39 is 0 Å². The Morgan fingerprint density at radius 3 is 2.54 bits per heavy atom. The zero-order valence-electron chi connectivity index (χ0n) is 15.5. The van der Waals surface area contributed by atoms with Crippen LogP contribution in [-0.4, -0.2) is 45.6 Å². The quantitative estimate of drug-likeness (QED) is 0.622. The molecule has 0 unspecified atom stereocenters. The molecule has 3 rings (SSSR count).